The third-order valence-corrected chi connectivity index (χ3v) is 3.91. The maximum atomic E-state index is 8.84. The van der Waals surface area contributed by atoms with Gasteiger partial charge in [-0.05, 0) is 25.5 Å². The summed E-state index contributed by atoms with van der Waals surface area (Å²) in [5.74, 6) is 0.513. The fourth-order valence-electron chi connectivity index (χ4n) is 2.13. The van der Waals surface area contributed by atoms with Gasteiger partial charge in [0.15, 0.2) is 0 Å². The highest BCUT2D eigenvalue weighted by Gasteiger charge is 2.15. The fraction of sp³-hybridized carbons (Fsp3) is 0.308. The number of aromatic nitrogens is 3. The Balaban J connectivity index is 2.30. The first-order chi connectivity index (χ1) is 9.20. The highest BCUT2D eigenvalue weighted by molar-refractivity contribution is 7.25. The molecule has 0 saturated heterocycles. The lowest BCUT2D eigenvalue weighted by molar-refractivity contribution is 0.198. The quantitative estimate of drug-likeness (QED) is 0.794. The van der Waals surface area contributed by atoms with E-state index in [9.17, 15) is 0 Å². The van der Waals surface area contributed by atoms with E-state index in [2.05, 4.69) is 21.9 Å². The van der Waals surface area contributed by atoms with Gasteiger partial charge in [-0.1, -0.05) is 0 Å². The van der Waals surface area contributed by atoms with Gasteiger partial charge in [0.2, 0.25) is 5.88 Å². The molecule has 98 valence electrons. The predicted octanol–water partition coefficient (Wildman–Crippen LogP) is 2.23. The Morgan fingerprint density at radius 3 is 2.95 bits per heavy atom. The minimum absolute atomic E-state index is 0.0349. The molecule has 5 nitrogen and oxygen atoms in total. The second kappa shape index (κ2) is 4.71. The molecule has 0 saturated carbocycles. The number of aryl methyl sites for hydroxylation is 2. The van der Waals surface area contributed by atoms with Crippen LogP contribution in [0.15, 0.2) is 12.4 Å². The van der Waals surface area contributed by atoms with Crippen molar-refractivity contribution in [1.82, 2.24) is 15.0 Å². The standard InChI is InChI=1S/C13H13N3O2S/c1-7-5-8(2)16-13-9(7)10-11(19-13)12(15-6-14-10)18-4-3-17/h5-6,17H,3-4H2,1-2H3. The molecule has 0 unspecified atom stereocenters. The average Bonchev–Trinajstić information content (AvgIpc) is 2.74. The number of pyridine rings is 1. The molecule has 0 aliphatic carbocycles. The lowest BCUT2D eigenvalue weighted by atomic mass is 10.1. The summed E-state index contributed by atoms with van der Waals surface area (Å²) in [4.78, 5) is 14.0. The van der Waals surface area contributed by atoms with Crippen LogP contribution in [0, 0.1) is 13.8 Å². The molecule has 0 atom stereocenters. The molecule has 0 amide bonds. The molecule has 6 heteroatoms. The van der Waals surface area contributed by atoms with E-state index in [1.165, 1.54) is 17.7 Å². The van der Waals surface area contributed by atoms with Crippen LogP contribution in [0.2, 0.25) is 0 Å². The van der Waals surface area contributed by atoms with Crippen molar-refractivity contribution in [3.8, 4) is 5.88 Å². The molecule has 0 fully saturated rings. The molecule has 0 spiro atoms. The summed E-state index contributed by atoms with van der Waals surface area (Å²) in [5.41, 5.74) is 3.01. The zero-order valence-corrected chi connectivity index (χ0v) is 11.5. The highest BCUT2D eigenvalue weighted by atomic mass is 32.1. The summed E-state index contributed by atoms with van der Waals surface area (Å²) < 4.78 is 6.33. The number of hydrogen-bond donors (Lipinski definition) is 1. The summed E-state index contributed by atoms with van der Waals surface area (Å²) >= 11 is 1.52. The summed E-state index contributed by atoms with van der Waals surface area (Å²) in [6.45, 7) is 4.23. The third kappa shape index (κ3) is 2.02. The molecule has 19 heavy (non-hydrogen) atoms. The normalized spacial score (nSPS) is 11.3. The minimum atomic E-state index is -0.0349. The number of aliphatic hydroxyl groups excluding tert-OH is 1. The van der Waals surface area contributed by atoms with Gasteiger partial charge in [0.05, 0.1) is 12.1 Å². The van der Waals surface area contributed by atoms with Crippen LogP contribution in [0.3, 0.4) is 0 Å². The zero-order valence-electron chi connectivity index (χ0n) is 10.7. The van der Waals surface area contributed by atoms with Gasteiger partial charge in [-0.3, -0.25) is 0 Å². The van der Waals surface area contributed by atoms with E-state index in [0.717, 1.165) is 31.7 Å². The molecular weight excluding hydrogens is 262 g/mol. The number of aliphatic hydroxyl groups is 1. The van der Waals surface area contributed by atoms with Gasteiger partial charge in [0.25, 0.3) is 0 Å². The van der Waals surface area contributed by atoms with E-state index in [4.69, 9.17) is 9.84 Å². The van der Waals surface area contributed by atoms with Gasteiger partial charge in [0, 0.05) is 11.1 Å². The number of rotatable bonds is 3. The van der Waals surface area contributed by atoms with Gasteiger partial charge < -0.3 is 9.84 Å². The fourth-order valence-corrected chi connectivity index (χ4v) is 3.33. The van der Waals surface area contributed by atoms with Gasteiger partial charge in [-0.15, -0.1) is 11.3 Å². The van der Waals surface area contributed by atoms with Gasteiger partial charge >= 0.3 is 0 Å². The molecule has 1 N–H and O–H groups in total. The van der Waals surface area contributed by atoms with Crippen molar-refractivity contribution in [3.63, 3.8) is 0 Å². The molecule has 0 radical (unpaired) electrons. The summed E-state index contributed by atoms with van der Waals surface area (Å²) in [5, 5.41) is 9.90. The van der Waals surface area contributed by atoms with Crippen molar-refractivity contribution in [2.45, 2.75) is 13.8 Å². The molecule has 3 aromatic rings. The molecule has 0 bridgehead atoms. The Bertz CT molecular complexity index is 754. The van der Waals surface area contributed by atoms with Crippen LogP contribution in [-0.4, -0.2) is 33.3 Å². The second-order valence-corrected chi connectivity index (χ2v) is 5.29. The van der Waals surface area contributed by atoms with Crippen LogP contribution in [-0.2, 0) is 0 Å². The number of fused-ring (bicyclic) bond motifs is 3. The first-order valence-corrected chi connectivity index (χ1v) is 6.77. The van der Waals surface area contributed by atoms with E-state index in [0.29, 0.717) is 5.88 Å². The zero-order chi connectivity index (χ0) is 13.4. The number of nitrogens with zero attached hydrogens (tertiary/aromatic N) is 3. The third-order valence-electron chi connectivity index (χ3n) is 2.85. The predicted molar refractivity (Wildman–Crippen MR) is 74.8 cm³/mol. The Kier molecular flexibility index (Phi) is 3.04. The van der Waals surface area contributed by atoms with Crippen molar-refractivity contribution < 1.29 is 9.84 Å². The molecule has 0 aliphatic rings. The van der Waals surface area contributed by atoms with Gasteiger partial charge in [0.1, 0.15) is 22.5 Å². The molecule has 0 aliphatic heterocycles. The molecular formula is C13H13N3O2S. The molecule has 3 rings (SSSR count). The van der Waals surface area contributed by atoms with E-state index in [1.807, 2.05) is 13.0 Å². The second-order valence-electron chi connectivity index (χ2n) is 4.29. The summed E-state index contributed by atoms with van der Waals surface area (Å²) in [6, 6.07) is 2.05. The average molecular weight is 275 g/mol. The number of thiophene rings is 1. The van der Waals surface area contributed by atoms with Crippen molar-refractivity contribution >= 4 is 31.8 Å². The first-order valence-electron chi connectivity index (χ1n) is 5.96. The van der Waals surface area contributed by atoms with Crippen LogP contribution in [0.25, 0.3) is 20.4 Å². The molecule has 3 aromatic heterocycles. The summed E-state index contributed by atoms with van der Waals surface area (Å²) in [7, 11) is 0. The van der Waals surface area contributed by atoms with Crippen molar-refractivity contribution in [2.75, 3.05) is 13.2 Å². The minimum Gasteiger partial charge on any atom is -0.474 e. The molecule has 3 heterocycles. The Morgan fingerprint density at radius 2 is 2.16 bits per heavy atom. The van der Waals surface area contributed by atoms with Crippen LogP contribution in [0.5, 0.6) is 5.88 Å². The van der Waals surface area contributed by atoms with Crippen molar-refractivity contribution in [2.24, 2.45) is 0 Å². The van der Waals surface area contributed by atoms with E-state index >= 15 is 0 Å². The number of hydrogen-bond acceptors (Lipinski definition) is 6. The van der Waals surface area contributed by atoms with Crippen LogP contribution in [0.1, 0.15) is 11.3 Å². The van der Waals surface area contributed by atoms with Crippen molar-refractivity contribution in [1.29, 1.82) is 0 Å². The Labute approximate surface area is 113 Å². The Morgan fingerprint density at radius 1 is 1.32 bits per heavy atom. The highest BCUT2D eigenvalue weighted by Crippen LogP contribution is 2.37. The first kappa shape index (κ1) is 12.3. The van der Waals surface area contributed by atoms with Crippen LogP contribution < -0.4 is 4.74 Å². The monoisotopic (exact) mass is 275 g/mol. The van der Waals surface area contributed by atoms with Crippen LogP contribution in [0.4, 0.5) is 0 Å². The van der Waals surface area contributed by atoms with Crippen molar-refractivity contribution in [3.05, 3.63) is 23.7 Å². The van der Waals surface area contributed by atoms with E-state index in [-0.39, 0.29) is 13.2 Å². The SMILES string of the molecule is Cc1cc(C)c2c(n1)sc1c(OCCO)ncnc12. The maximum Gasteiger partial charge on any atom is 0.235 e. The van der Waals surface area contributed by atoms with Crippen LogP contribution >= 0.6 is 11.3 Å². The topological polar surface area (TPSA) is 68.1 Å². The Hall–Kier alpha value is -1.79. The van der Waals surface area contributed by atoms with E-state index < -0.39 is 0 Å². The van der Waals surface area contributed by atoms with E-state index in [1.54, 1.807) is 0 Å². The number of ether oxygens (including phenoxy) is 1. The lowest BCUT2D eigenvalue weighted by Crippen LogP contribution is -2.03. The van der Waals surface area contributed by atoms with Gasteiger partial charge in [-0.2, -0.15) is 0 Å². The lowest BCUT2D eigenvalue weighted by Gasteiger charge is -2.02. The maximum absolute atomic E-state index is 8.84. The molecule has 0 aromatic carbocycles. The largest absolute Gasteiger partial charge is 0.474 e. The summed E-state index contributed by atoms with van der Waals surface area (Å²) in [6.07, 6.45) is 1.49. The smallest absolute Gasteiger partial charge is 0.235 e. The van der Waals surface area contributed by atoms with Gasteiger partial charge in [-0.25, -0.2) is 15.0 Å².